The van der Waals surface area contributed by atoms with Gasteiger partial charge in [0, 0.05) is 5.39 Å². The van der Waals surface area contributed by atoms with Crippen molar-refractivity contribution in [2.75, 3.05) is 0 Å². The molecule has 0 fully saturated rings. The van der Waals surface area contributed by atoms with Crippen molar-refractivity contribution in [1.82, 2.24) is 0 Å². The molecule has 15 heavy (non-hydrogen) atoms. The molecule has 0 radical (unpaired) electrons. The van der Waals surface area contributed by atoms with E-state index >= 15 is 0 Å². The third kappa shape index (κ3) is 3.75. The van der Waals surface area contributed by atoms with Crippen molar-refractivity contribution in [3.8, 4) is 5.75 Å². The van der Waals surface area contributed by atoms with Crippen LogP contribution in [-0.2, 0) is 4.79 Å². The molecule has 0 saturated carbocycles. The van der Waals surface area contributed by atoms with Gasteiger partial charge in [0.05, 0.1) is 0 Å². The molecule has 0 bridgehead atoms. The first-order valence-corrected chi connectivity index (χ1v) is 4.04. The van der Waals surface area contributed by atoms with Crippen molar-refractivity contribution in [2.24, 2.45) is 0 Å². The SMILES string of the molecule is I.O=CO.Oc1cccc2ccccc12. The van der Waals surface area contributed by atoms with Crippen molar-refractivity contribution in [1.29, 1.82) is 0 Å². The number of aromatic hydroxyl groups is 1. The minimum Gasteiger partial charge on any atom is -0.507 e. The Hall–Kier alpha value is -1.30. The topological polar surface area (TPSA) is 57.5 Å². The van der Waals surface area contributed by atoms with Gasteiger partial charge in [-0.3, -0.25) is 4.79 Å². The van der Waals surface area contributed by atoms with Crippen LogP contribution >= 0.6 is 24.0 Å². The lowest BCUT2D eigenvalue weighted by Crippen LogP contribution is -1.70. The second-order valence-corrected chi connectivity index (χ2v) is 2.60. The molecule has 3 nitrogen and oxygen atoms in total. The van der Waals surface area contributed by atoms with E-state index in [9.17, 15) is 5.11 Å². The maximum Gasteiger partial charge on any atom is 0.290 e. The third-order valence-corrected chi connectivity index (χ3v) is 1.77. The van der Waals surface area contributed by atoms with Crippen molar-refractivity contribution in [3.05, 3.63) is 42.5 Å². The van der Waals surface area contributed by atoms with Crippen LogP contribution in [0, 0.1) is 0 Å². The summed E-state index contributed by atoms with van der Waals surface area (Å²) in [4.78, 5) is 8.36. The largest absolute Gasteiger partial charge is 0.507 e. The van der Waals surface area contributed by atoms with Gasteiger partial charge in [0.2, 0.25) is 0 Å². The molecular weight excluding hydrogens is 307 g/mol. The lowest BCUT2D eigenvalue weighted by atomic mass is 10.1. The van der Waals surface area contributed by atoms with Crippen LogP contribution < -0.4 is 0 Å². The van der Waals surface area contributed by atoms with Crippen molar-refractivity contribution < 1.29 is 15.0 Å². The number of hydrogen-bond donors (Lipinski definition) is 2. The number of benzene rings is 2. The van der Waals surface area contributed by atoms with Gasteiger partial charge in [0.15, 0.2) is 0 Å². The highest BCUT2D eigenvalue weighted by molar-refractivity contribution is 14.0. The standard InChI is InChI=1S/C10H8O.CH2O2.HI/c11-10-7-3-5-8-4-1-2-6-9(8)10;2-1-3;/h1-7,11H;1H,(H,2,3);1H. The Bertz CT molecular complexity index is 424. The highest BCUT2D eigenvalue weighted by Crippen LogP contribution is 2.22. The van der Waals surface area contributed by atoms with Crippen LogP contribution in [0.4, 0.5) is 0 Å². The number of halogens is 1. The molecular formula is C11H11IO3. The number of phenolic OH excluding ortho intramolecular Hbond substituents is 1. The molecule has 0 spiro atoms. The van der Waals surface area contributed by atoms with Gasteiger partial charge in [-0.25, -0.2) is 0 Å². The maximum atomic E-state index is 9.37. The Balaban J connectivity index is 0.000000443. The van der Waals surface area contributed by atoms with Gasteiger partial charge >= 0.3 is 0 Å². The molecule has 0 aliphatic carbocycles. The lowest BCUT2D eigenvalue weighted by Gasteiger charge is -1.97. The molecule has 0 heterocycles. The predicted molar refractivity (Wildman–Crippen MR) is 69.7 cm³/mol. The first kappa shape index (κ1) is 13.7. The van der Waals surface area contributed by atoms with E-state index in [2.05, 4.69) is 0 Å². The molecule has 0 atom stereocenters. The summed E-state index contributed by atoms with van der Waals surface area (Å²) in [7, 11) is 0. The molecule has 2 aromatic carbocycles. The van der Waals surface area contributed by atoms with E-state index in [0.717, 1.165) is 10.8 Å². The van der Waals surface area contributed by atoms with E-state index in [4.69, 9.17) is 9.90 Å². The van der Waals surface area contributed by atoms with Gasteiger partial charge in [0.1, 0.15) is 5.75 Å². The average Bonchev–Trinajstić information content (AvgIpc) is 2.20. The third-order valence-electron chi connectivity index (χ3n) is 1.77. The first-order chi connectivity index (χ1) is 6.79. The van der Waals surface area contributed by atoms with Crippen LogP contribution in [0.3, 0.4) is 0 Å². The predicted octanol–water partition coefficient (Wildman–Crippen LogP) is 2.86. The number of hydrogen-bond acceptors (Lipinski definition) is 2. The number of rotatable bonds is 0. The van der Waals surface area contributed by atoms with E-state index in [1.165, 1.54) is 0 Å². The van der Waals surface area contributed by atoms with Crippen LogP contribution in [0.25, 0.3) is 10.8 Å². The van der Waals surface area contributed by atoms with Crippen LogP contribution in [0.2, 0.25) is 0 Å². The van der Waals surface area contributed by atoms with E-state index in [1.807, 2.05) is 36.4 Å². The Labute approximate surface area is 104 Å². The number of fused-ring (bicyclic) bond motifs is 1. The Morgan fingerprint density at radius 1 is 1.00 bits per heavy atom. The maximum absolute atomic E-state index is 9.37. The summed E-state index contributed by atoms with van der Waals surface area (Å²) in [5, 5.41) is 18.2. The monoisotopic (exact) mass is 318 g/mol. The molecule has 4 heteroatoms. The molecule has 0 aliphatic rings. The summed E-state index contributed by atoms with van der Waals surface area (Å²) in [6.07, 6.45) is 0. The fourth-order valence-corrected chi connectivity index (χ4v) is 1.21. The van der Waals surface area contributed by atoms with Crippen molar-refractivity contribution in [2.45, 2.75) is 0 Å². The van der Waals surface area contributed by atoms with Gasteiger partial charge < -0.3 is 10.2 Å². The average molecular weight is 318 g/mol. The lowest BCUT2D eigenvalue weighted by molar-refractivity contribution is -0.122. The molecule has 2 aromatic rings. The summed E-state index contributed by atoms with van der Waals surface area (Å²) in [6, 6.07) is 13.3. The van der Waals surface area contributed by atoms with E-state index in [0.29, 0.717) is 5.75 Å². The van der Waals surface area contributed by atoms with Gasteiger partial charge in [-0.2, -0.15) is 0 Å². The van der Waals surface area contributed by atoms with Gasteiger partial charge in [-0.05, 0) is 11.5 Å². The van der Waals surface area contributed by atoms with E-state index in [-0.39, 0.29) is 30.4 Å². The number of carbonyl (C=O) groups is 1. The quantitative estimate of drug-likeness (QED) is 0.580. The zero-order valence-electron chi connectivity index (χ0n) is 7.83. The van der Waals surface area contributed by atoms with E-state index < -0.39 is 0 Å². The molecule has 0 saturated heterocycles. The highest BCUT2D eigenvalue weighted by atomic mass is 127. The van der Waals surface area contributed by atoms with Crippen LogP contribution in [-0.4, -0.2) is 16.7 Å². The second-order valence-electron chi connectivity index (χ2n) is 2.60. The number of phenols is 1. The van der Waals surface area contributed by atoms with Crippen LogP contribution in [0.5, 0.6) is 5.75 Å². The Morgan fingerprint density at radius 3 is 2.13 bits per heavy atom. The van der Waals surface area contributed by atoms with Gasteiger partial charge in [-0.15, -0.1) is 24.0 Å². The number of carboxylic acid groups (broad SMARTS) is 1. The van der Waals surface area contributed by atoms with Crippen LogP contribution in [0.15, 0.2) is 42.5 Å². The molecule has 80 valence electrons. The molecule has 0 amide bonds. The second kappa shape index (κ2) is 7.05. The minimum absolute atomic E-state index is 0. The normalized spacial score (nSPS) is 8.27. The highest BCUT2D eigenvalue weighted by Gasteiger charge is 1.94. The molecule has 0 aromatic heterocycles. The van der Waals surface area contributed by atoms with Crippen LogP contribution in [0.1, 0.15) is 0 Å². The molecule has 0 aliphatic heterocycles. The zero-order chi connectivity index (χ0) is 10.4. The Kier molecular flexibility index (Phi) is 6.44. The summed E-state index contributed by atoms with van der Waals surface area (Å²) >= 11 is 0. The summed E-state index contributed by atoms with van der Waals surface area (Å²) in [5.41, 5.74) is 0. The van der Waals surface area contributed by atoms with Crippen molar-refractivity contribution >= 4 is 41.2 Å². The summed E-state index contributed by atoms with van der Waals surface area (Å²) in [5.74, 6) is 0.350. The Morgan fingerprint density at radius 2 is 1.53 bits per heavy atom. The molecule has 0 unspecified atom stereocenters. The van der Waals surface area contributed by atoms with Crippen molar-refractivity contribution in [3.63, 3.8) is 0 Å². The zero-order valence-corrected chi connectivity index (χ0v) is 10.2. The minimum atomic E-state index is -0.250. The fourth-order valence-electron chi connectivity index (χ4n) is 1.21. The summed E-state index contributed by atoms with van der Waals surface area (Å²) < 4.78 is 0. The summed E-state index contributed by atoms with van der Waals surface area (Å²) in [6.45, 7) is -0.250. The van der Waals surface area contributed by atoms with Gasteiger partial charge in [0.25, 0.3) is 6.47 Å². The molecule has 2 N–H and O–H groups in total. The van der Waals surface area contributed by atoms with E-state index in [1.54, 1.807) is 6.07 Å². The smallest absolute Gasteiger partial charge is 0.290 e. The molecule has 2 rings (SSSR count). The van der Waals surface area contributed by atoms with Gasteiger partial charge in [-0.1, -0.05) is 36.4 Å². The first-order valence-electron chi connectivity index (χ1n) is 4.04. The fraction of sp³-hybridized carbons (Fsp3) is 0.